The molecule has 1 unspecified atom stereocenters. The molecule has 104 valence electrons. The normalized spacial score (nSPS) is 21.9. The fourth-order valence-corrected chi connectivity index (χ4v) is 3.58. The lowest BCUT2D eigenvalue weighted by Gasteiger charge is -2.06. The maximum absolute atomic E-state index is 11.7. The first kappa shape index (κ1) is 13.7. The van der Waals surface area contributed by atoms with Crippen LogP contribution in [0.2, 0.25) is 0 Å². The molecule has 7 nitrogen and oxygen atoms in total. The fourth-order valence-electron chi connectivity index (χ4n) is 1.87. The van der Waals surface area contributed by atoms with Crippen LogP contribution in [0.4, 0.5) is 0 Å². The average Bonchev–Trinajstić information content (AvgIpc) is 2.92. The summed E-state index contributed by atoms with van der Waals surface area (Å²) in [6.07, 6.45) is 4.93. The molecular formula is C11H16N4O3S. The van der Waals surface area contributed by atoms with Crippen molar-refractivity contribution in [2.24, 2.45) is 4.99 Å². The maximum atomic E-state index is 11.7. The van der Waals surface area contributed by atoms with Crippen LogP contribution in [0.15, 0.2) is 17.4 Å². The van der Waals surface area contributed by atoms with E-state index < -0.39 is 9.84 Å². The number of sulfone groups is 1. The second kappa shape index (κ2) is 5.12. The van der Waals surface area contributed by atoms with Crippen molar-refractivity contribution in [1.29, 1.82) is 0 Å². The van der Waals surface area contributed by atoms with Crippen LogP contribution >= 0.6 is 0 Å². The zero-order chi connectivity index (χ0) is 14.0. The molecule has 0 aliphatic carbocycles. The summed E-state index contributed by atoms with van der Waals surface area (Å²) in [4.78, 5) is 17.1. The van der Waals surface area contributed by atoms with E-state index in [2.05, 4.69) is 10.1 Å². The highest BCUT2D eigenvalue weighted by atomic mass is 32.2. The maximum Gasteiger partial charge on any atom is 0.281 e. The van der Waals surface area contributed by atoms with Crippen molar-refractivity contribution >= 4 is 22.1 Å². The van der Waals surface area contributed by atoms with E-state index in [0.29, 0.717) is 12.0 Å². The minimum atomic E-state index is -2.96. The average molecular weight is 284 g/mol. The van der Waals surface area contributed by atoms with Gasteiger partial charge >= 0.3 is 0 Å². The summed E-state index contributed by atoms with van der Waals surface area (Å²) in [6.45, 7) is 0. The van der Waals surface area contributed by atoms with E-state index in [9.17, 15) is 13.2 Å². The molecule has 2 heterocycles. The standard InChI is InChI=1S/C11H16N4O3S/c1-14(2)8-12-11(16)9-5-13-15(6-9)10-3-4-19(17,18)7-10/h5-6,8,10H,3-4,7H2,1-2H3. The van der Waals surface area contributed by atoms with E-state index in [0.717, 1.165) is 0 Å². The Hall–Kier alpha value is -1.70. The molecule has 0 aromatic carbocycles. The zero-order valence-electron chi connectivity index (χ0n) is 10.9. The summed E-state index contributed by atoms with van der Waals surface area (Å²) in [5.41, 5.74) is 0.363. The minimum Gasteiger partial charge on any atom is -0.369 e. The van der Waals surface area contributed by atoms with Gasteiger partial charge in [0.05, 0.1) is 35.6 Å². The van der Waals surface area contributed by atoms with Gasteiger partial charge in [-0.15, -0.1) is 0 Å². The summed E-state index contributed by atoms with van der Waals surface area (Å²) < 4.78 is 24.3. The Kier molecular flexibility index (Phi) is 3.70. The van der Waals surface area contributed by atoms with E-state index in [1.54, 1.807) is 29.9 Å². The van der Waals surface area contributed by atoms with Crippen LogP contribution in [-0.4, -0.2) is 60.9 Å². The second-order valence-corrected chi connectivity index (χ2v) is 7.01. The molecule has 0 saturated carbocycles. The minimum absolute atomic E-state index is 0.0866. The molecular weight excluding hydrogens is 268 g/mol. The van der Waals surface area contributed by atoms with E-state index in [1.165, 1.54) is 12.5 Å². The Balaban J connectivity index is 2.10. The van der Waals surface area contributed by atoms with E-state index in [1.807, 2.05) is 0 Å². The number of hydrogen-bond acceptors (Lipinski definition) is 4. The van der Waals surface area contributed by atoms with E-state index >= 15 is 0 Å². The molecule has 0 radical (unpaired) electrons. The number of nitrogens with zero attached hydrogens (tertiary/aromatic N) is 4. The third kappa shape index (κ3) is 3.40. The van der Waals surface area contributed by atoms with Crippen LogP contribution in [0.5, 0.6) is 0 Å². The highest BCUT2D eigenvalue weighted by Gasteiger charge is 2.29. The molecule has 19 heavy (non-hydrogen) atoms. The molecule has 1 aliphatic rings. The van der Waals surface area contributed by atoms with Gasteiger partial charge in [0, 0.05) is 20.3 Å². The molecule has 2 rings (SSSR count). The van der Waals surface area contributed by atoms with Crippen molar-refractivity contribution in [3.63, 3.8) is 0 Å². The Labute approximate surface area is 111 Å². The topological polar surface area (TPSA) is 84.6 Å². The summed E-state index contributed by atoms with van der Waals surface area (Å²) >= 11 is 0. The van der Waals surface area contributed by atoms with Crippen LogP contribution in [0.25, 0.3) is 0 Å². The largest absolute Gasteiger partial charge is 0.369 e. The van der Waals surface area contributed by atoms with Crippen LogP contribution in [0.1, 0.15) is 22.8 Å². The lowest BCUT2D eigenvalue weighted by molar-refractivity contribution is 0.100. The zero-order valence-corrected chi connectivity index (χ0v) is 11.7. The molecule has 1 amide bonds. The predicted octanol–water partition coefficient (Wildman–Crippen LogP) is -0.0272. The van der Waals surface area contributed by atoms with Crippen molar-refractivity contribution in [1.82, 2.24) is 14.7 Å². The fraction of sp³-hybridized carbons (Fsp3) is 0.545. The van der Waals surface area contributed by atoms with Gasteiger partial charge in [-0.1, -0.05) is 0 Å². The van der Waals surface area contributed by atoms with Crippen LogP contribution in [0, 0.1) is 0 Å². The molecule has 1 aromatic heterocycles. The SMILES string of the molecule is CN(C)C=NC(=O)c1cnn(C2CCS(=O)(=O)C2)c1. The van der Waals surface area contributed by atoms with Gasteiger partial charge in [0.15, 0.2) is 9.84 Å². The molecule has 1 saturated heterocycles. The summed E-state index contributed by atoms with van der Waals surface area (Å²) in [6, 6.07) is -0.177. The molecule has 1 aliphatic heterocycles. The molecule has 1 fully saturated rings. The second-order valence-electron chi connectivity index (χ2n) is 4.78. The molecule has 8 heteroatoms. The Morgan fingerprint density at radius 2 is 2.32 bits per heavy atom. The van der Waals surface area contributed by atoms with Gasteiger partial charge in [-0.2, -0.15) is 10.1 Å². The van der Waals surface area contributed by atoms with Gasteiger partial charge in [-0.25, -0.2) is 8.42 Å². The number of aliphatic imine (C=N–C) groups is 1. The quantitative estimate of drug-likeness (QED) is 0.575. The van der Waals surface area contributed by atoms with Gasteiger partial charge in [0.25, 0.3) is 5.91 Å². The molecule has 0 bridgehead atoms. The number of amides is 1. The lowest BCUT2D eigenvalue weighted by atomic mass is 10.3. The smallest absolute Gasteiger partial charge is 0.281 e. The van der Waals surface area contributed by atoms with Crippen molar-refractivity contribution in [3.8, 4) is 0 Å². The van der Waals surface area contributed by atoms with E-state index in [4.69, 9.17) is 0 Å². The molecule has 0 N–H and O–H groups in total. The molecule has 1 atom stereocenters. The first-order valence-electron chi connectivity index (χ1n) is 5.87. The van der Waals surface area contributed by atoms with Crippen molar-refractivity contribution < 1.29 is 13.2 Å². The van der Waals surface area contributed by atoms with Gasteiger partial charge < -0.3 is 4.90 Å². The molecule has 0 spiro atoms. The number of rotatable bonds is 3. The van der Waals surface area contributed by atoms with Gasteiger partial charge in [-0.05, 0) is 6.42 Å². The third-order valence-electron chi connectivity index (χ3n) is 2.84. The monoisotopic (exact) mass is 284 g/mol. The number of carbonyl (C=O) groups is 1. The Morgan fingerprint density at radius 3 is 2.89 bits per heavy atom. The van der Waals surface area contributed by atoms with Gasteiger partial charge in [0.2, 0.25) is 0 Å². The predicted molar refractivity (Wildman–Crippen MR) is 71.0 cm³/mol. The number of carbonyl (C=O) groups excluding carboxylic acids is 1. The number of aromatic nitrogens is 2. The first-order valence-corrected chi connectivity index (χ1v) is 7.69. The lowest BCUT2D eigenvalue weighted by Crippen LogP contribution is -2.11. The summed E-state index contributed by atoms with van der Waals surface area (Å²) in [5, 5.41) is 4.06. The highest BCUT2D eigenvalue weighted by molar-refractivity contribution is 7.91. The first-order chi connectivity index (χ1) is 8.87. The van der Waals surface area contributed by atoms with E-state index in [-0.39, 0.29) is 23.5 Å². The van der Waals surface area contributed by atoms with Crippen molar-refractivity contribution in [2.45, 2.75) is 12.5 Å². The summed E-state index contributed by atoms with van der Waals surface area (Å²) in [5.74, 6) is -0.121. The van der Waals surface area contributed by atoms with Crippen LogP contribution in [-0.2, 0) is 9.84 Å². The highest BCUT2D eigenvalue weighted by Crippen LogP contribution is 2.23. The van der Waals surface area contributed by atoms with Crippen molar-refractivity contribution in [3.05, 3.63) is 18.0 Å². The number of hydrogen-bond donors (Lipinski definition) is 0. The van der Waals surface area contributed by atoms with Crippen molar-refractivity contribution in [2.75, 3.05) is 25.6 Å². The Morgan fingerprint density at radius 1 is 1.58 bits per heavy atom. The van der Waals surface area contributed by atoms with Gasteiger partial charge in [0.1, 0.15) is 0 Å². The van der Waals surface area contributed by atoms with Crippen LogP contribution < -0.4 is 0 Å². The third-order valence-corrected chi connectivity index (χ3v) is 4.59. The van der Waals surface area contributed by atoms with Gasteiger partial charge in [-0.3, -0.25) is 9.48 Å². The molecule has 1 aromatic rings. The summed E-state index contributed by atoms with van der Waals surface area (Å²) in [7, 11) is 0.577. The Bertz CT molecular complexity index is 603. The van der Waals surface area contributed by atoms with Crippen LogP contribution in [0.3, 0.4) is 0 Å².